The second-order valence-electron chi connectivity index (χ2n) is 6.17. The fourth-order valence-corrected chi connectivity index (χ4v) is 4.00. The van der Waals surface area contributed by atoms with Crippen LogP contribution in [0.3, 0.4) is 0 Å². The average molecular weight is 464 g/mol. The Hall–Kier alpha value is -2.55. The summed E-state index contributed by atoms with van der Waals surface area (Å²) in [4.78, 5) is 25.7. The highest BCUT2D eigenvalue weighted by Gasteiger charge is 2.33. The summed E-state index contributed by atoms with van der Waals surface area (Å²) in [7, 11) is 2.81. The van der Waals surface area contributed by atoms with Crippen molar-refractivity contribution in [3.63, 3.8) is 0 Å². The Morgan fingerprint density at radius 3 is 2.57 bits per heavy atom. The number of carbonyl (C=O) groups is 2. The zero-order valence-electron chi connectivity index (χ0n) is 16.2. The van der Waals surface area contributed by atoms with Crippen LogP contribution in [0.4, 0.5) is 0 Å². The molecule has 1 aliphatic heterocycles. The summed E-state index contributed by atoms with van der Waals surface area (Å²) in [6.45, 7) is 0.151. The molecule has 0 saturated carbocycles. The highest BCUT2D eigenvalue weighted by atomic mass is 35.5. The number of halogens is 1. The van der Waals surface area contributed by atoms with E-state index in [2.05, 4.69) is 4.74 Å². The fourth-order valence-electron chi connectivity index (χ4n) is 2.62. The first-order chi connectivity index (χ1) is 14.4. The van der Waals surface area contributed by atoms with Crippen molar-refractivity contribution in [3.05, 3.63) is 63.5 Å². The van der Waals surface area contributed by atoms with E-state index >= 15 is 0 Å². The number of thiocarbonyl (C=S) groups is 1. The Morgan fingerprint density at radius 2 is 1.90 bits per heavy atom. The number of rotatable bonds is 7. The van der Waals surface area contributed by atoms with Gasteiger partial charge in [0.1, 0.15) is 17.5 Å². The van der Waals surface area contributed by atoms with Crippen molar-refractivity contribution in [1.82, 2.24) is 4.90 Å². The van der Waals surface area contributed by atoms with E-state index in [0.717, 1.165) is 22.9 Å². The van der Waals surface area contributed by atoms with Gasteiger partial charge >= 0.3 is 5.97 Å². The lowest BCUT2D eigenvalue weighted by molar-refractivity contribution is -0.143. The first kappa shape index (κ1) is 22.1. The zero-order valence-corrected chi connectivity index (χ0v) is 18.6. The molecular weight excluding hydrogens is 446 g/mol. The molecule has 0 radical (unpaired) electrons. The molecule has 0 aromatic heterocycles. The van der Waals surface area contributed by atoms with Crippen LogP contribution in [0.5, 0.6) is 11.5 Å². The molecule has 156 valence electrons. The molecule has 0 atom stereocenters. The third-order valence-electron chi connectivity index (χ3n) is 4.18. The van der Waals surface area contributed by atoms with Gasteiger partial charge in [0.2, 0.25) is 0 Å². The SMILES string of the molecule is COC(=O)CN1C(=O)/C(=C\c2ccc(OCc3ccc(Cl)cc3)c(OC)c2)SC1=S. The molecule has 0 unspecified atom stereocenters. The number of hydrogen-bond acceptors (Lipinski definition) is 7. The number of esters is 1. The molecule has 0 spiro atoms. The largest absolute Gasteiger partial charge is 0.493 e. The van der Waals surface area contributed by atoms with Crippen LogP contribution in [-0.4, -0.2) is 41.9 Å². The highest BCUT2D eigenvalue weighted by Crippen LogP contribution is 2.35. The van der Waals surface area contributed by atoms with E-state index in [1.165, 1.54) is 12.0 Å². The van der Waals surface area contributed by atoms with Crippen LogP contribution in [0, 0.1) is 0 Å². The van der Waals surface area contributed by atoms with Crippen LogP contribution in [0.25, 0.3) is 6.08 Å². The van der Waals surface area contributed by atoms with Gasteiger partial charge in [0.05, 0.1) is 19.1 Å². The van der Waals surface area contributed by atoms with Gasteiger partial charge in [-0.25, -0.2) is 0 Å². The fraction of sp³-hybridized carbons (Fsp3) is 0.190. The van der Waals surface area contributed by atoms with Crippen molar-refractivity contribution in [2.45, 2.75) is 6.61 Å². The van der Waals surface area contributed by atoms with Gasteiger partial charge in [0.15, 0.2) is 11.5 Å². The second-order valence-corrected chi connectivity index (χ2v) is 8.28. The summed E-state index contributed by atoms with van der Waals surface area (Å²) in [5.41, 5.74) is 1.71. The van der Waals surface area contributed by atoms with Crippen molar-refractivity contribution in [2.75, 3.05) is 20.8 Å². The third-order valence-corrected chi connectivity index (χ3v) is 5.81. The normalized spacial score (nSPS) is 14.9. The van der Waals surface area contributed by atoms with Gasteiger partial charge in [-0.3, -0.25) is 14.5 Å². The van der Waals surface area contributed by atoms with Gasteiger partial charge in [0, 0.05) is 5.02 Å². The summed E-state index contributed by atoms with van der Waals surface area (Å²) in [5.74, 6) is 0.236. The molecule has 9 heteroatoms. The molecule has 0 N–H and O–H groups in total. The standard InChI is InChI=1S/C21H18ClNO5S2/c1-26-17-9-14(5-8-16(17)28-12-13-3-6-15(22)7-4-13)10-18-20(25)23(21(29)30-18)11-19(24)27-2/h3-10H,11-12H2,1-2H3/b18-10+. The molecule has 2 aromatic rings. The molecule has 30 heavy (non-hydrogen) atoms. The van der Waals surface area contributed by atoms with Crippen molar-refractivity contribution in [3.8, 4) is 11.5 Å². The Labute approximate surface area is 188 Å². The molecule has 1 aliphatic rings. The molecule has 1 fully saturated rings. The van der Waals surface area contributed by atoms with Gasteiger partial charge in [-0.1, -0.05) is 53.8 Å². The first-order valence-corrected chi connectivity index (χ1v) is 10.4. The molecule has 1 amide bonds. The van der Waals surface area contributed by atoms with Gasteiger partial charge in [0.25, 0.3) is 5.91 Å². The Bertz CT molecular complexity index is 1010. The molecule has 6 nitrogen and oxygen atoms in total. The molecule has 0 aliphatic carbocycles. The number of benzene rings is 2. The lowest BCUT2D eigenvalue weighted by atomic mass is 10.1. The molecule has 1 saturated heterocycles. The average Bonchev–Trinajstić information content (AvgIpc) is 3.00. The van der Waals surface area contributed by atoms with Gasteiger partial charge in [-0.05, 0) is 41.5 Å². The zero-order chi connectivity index (χ0) is 21.7. The number of nitrogens with zero attached hydrogens (tertiary/aromatic N) is 1. The summed E-state index contributed by atoms with van der Waals surface area (Å²) in [6, 6.07) is 12.7. The Balaban J connectivity index is 1.74. The van der Waals surface area contributed by atoms with Crippen LogP contribution in [0.2, 0.25) is 5.02 Å². The molecule has 0 bridgehead atoms. The lowest BCUT2D eigenvalue weighted by Gasteiger charge is -2.12. The second kappa shape index (κ2) is 9.97. The molecular formula is C21H18ClNO5S2. The van der Waals surface area contributed by atoms with Crippen LogP contribution >= 0.6 is 35.6 Å². The monoisotopic (exact) mass is 463 g/mol. The minimum atomic E-state index is -0.531. The van der Waals surface area contributed by atoms with Gasteiger partial charge in [-0.15, -0.1) is 0 Å². The highest BCUT2D eigenvalue weighted by molar-refractivity contribution is 8.26. The van der Waals surface area contributed by atoms with Gasteiger partial charge in [-0.2, -0.15) is 0 Å². The van der Waals surface area contributed by atoms with Crippen LogP contribution < -0.4 is 9.47 Å². The summed E-state index contributed by atoms with van der Waals surface area (Å²) in [5, 5.41) is 0.665. The van der Waals surface area contributed by atoms with Gasteiger partial charge < -0.3 is 14.2 Å². The van der Waals surface area contributed by atoms with E-state index < -0.39 is 5.97 Å². The molecule has 3 rings (SSSR count). The van der Waals surface area contributed by atoms with Crippen molar-refractivity contribution in [1.29, 1.82) is 0 Å². The van der Waals surface area contributed by atoms with E-state index in [0.29, 0.717) is 32.4 Å². The van der Waals surface area contributed by atoms with Crippen molar-refractivity contribution >= 4 is 57.9 Å². The number of amides is 1. The smallest absolute Gasteiger partial charge is 0.325 e. The maximum absolute atomic E-state index is 12.6. The van der Waals surface area contributed by atoms with Crippen molar-refractivity contribution < 1.29 is 23.8 Å². The molecule has 2 aromatic carbocycles. The van der Waals surface area contributed by atoms with E-state index in [1.807, 2.05) is 18.2 Å². The minimum Gasteiger partial charge on any atom is -0.493 e. The predicted octanol–water partition coefficient (Wildman–Crippen LogP) is 4.30. The van der Waals surface area contributed by atoms with Crippen LogP contribution in [-0.2, 0) is 20.9 Å². The quantitative estimate of drug-likeness (QED) is 0.344. The lowest BCUT2D eigenvalue weighted by Crippen LogP contribution is -2.33. The Morgan fingerprint density at radius 1 is 1.17 bits per heavy atom. The molecule has 1 heterocycles. The van der Waals surface area contributed by atoms with Crippen molar-refractivity contribution in [2.24, 2.45) is 0 Å². The van der Waals surface area contributed by atoms with E-state index in [-0.39, 0.29) is 12.5 Å². The predicted molar refractivity (Wildman–Crippen MR) is 121 cm³/mol. The summed E-state index contributed by atoms with van der Waals surface area (Å²) >= 11 is 12.2. The summed E-state index contributed by atoms with van der Waals surface area (Å²) in [6.07, 6.45) is 1.70. The maximum atomic E-state index is 12.6. The van der Waals surface area contributed by atoms with E-state index in [4.69, 9.17) is 33.3 Å². The maximum Gasteiger partial charge on any atom is 0.325 e. The topological polar surface area (TPSA) is 65.1 Å². The van der Waals surface area contributed by atoms with E-state index in [1.54, 1.807) is 37.5 Å². The minimum absolute atomic E-state index is 0.209. The van der Waals surface area contributed by atoms with Crippen LogP contribution in [0.1, 0.15) is 11.1 Å². The van der Waals surface area contributed by atoms with E-state index in [9.17, 15) is 9.59 Å². The third kappa shape index (κ3) is 5.33. The number of thioether (sulfide) groups is 1. The number of hydrogen-bond donors (Lipinski definition) is 0. The number of methoxy groups -OCH3 is 2. The summed E-state index contributed by atoms with van der Waals surface area (Å²) < 4.78 is 16.2. The number of carbonyl (C=O) groups excluding carboxylic acids is 2. The number of ether oxygens (including phenoxy) is 3. The van der Waals surface area contributed by atoms with Crippen LogP contribution in [0.15, 0.2) is 47.4 Å². The Kier molecular flexibility index (Phi) is 7.36. The first-order valence-electron chi connectivity index (χ1n) is 8.78.